The van der Waals surface area contributed by atoms with Gasteiger partial charge in [-0.05, 0) is 36.8 Å². The summed E-state index contributed by atoms with van der Waals surface area (Å²) < 4.78 is 16.6. The highest BCUT2D eigenvalue weighted by atomic mass is 16.5. The van der Waals surface area contributed by atoms with Gasteiger partial charge in [0.15, 0.2) is 0 Å². The molecule has 2 aliphatic rings. The minimum absolute atomic E-state index is 0.119. The SMILES string of the molecule is COC(=O)C1=C(NCc2ccco2)C[C@@H](C(C)C)O[C@H]1C1CC1. The number of rotatable bonds is 6. The molecule has 1 fully saturated rings. The molecule has 2 atom stereocenters. The van der Waals surface area contributed by atoms with Crippen molar-refractivity contribution < 1.29 is 18.7 Å². The van der Waals surface area contributed by atoms with Crippen LogP contribution < -0.4 is 5.32 Å². The van der Waals surface area contributed by atoms with Crippen molar-refractivity contribution >= 4 is 5.97 Å². The first-order valence-corrected chi connectivity index (χ1v) is 8.33. The first-order valence-electron chi connectivity index (χ1n) is 8.33. The Morgan fingerprint density at radius 1 is 1.43 bits per heavy atom. The molecule has 23 heavy (non-hydrogen) atoms. The molecule has 1 saturated carbocycles. The molecule has 3 rings (SSSR count). The smallest absolute Gasteiger partial charge is 0.338 e. The monoisotopic (exact) mass is 319 g/mol. The number of nitrogens with one attached hydrogen (secondary N) is 1. The molecule has 1 aliphatic carbocycles. The Bertz CT molecular complexity index is 572. The molecule has 0 aromatic carbocycles. The molecular weight excluding hydrogens is 294 g/mol. The van der Waals surface area contributed by atoms with E-state index in [-0.39, 0.29) is 18.2 Å². The van der Waals surface area contributed by atoms with Crippen LogP contribution >= 0.6 is 0 Å². The fourth-order valence-electron chi connectivity index (χ4n) is 3.05. The van der Waals surface area contributed by atoms with Gasteiger partial charge in [-0.1, -0.05) is 13.8 Å². The number of carbonyl (C=O) groups is 1. The average Bonchev–Trinajstić information content (AvgIpc) is 3.27. The summed E-state index contributed by atoms with van der Waals surface area (Å²) in [7, 11) is 1.43. The minimum atomic E-state index is -0.286. The van der Waals surface area contributed by atoms with E-state index in [1.807, 2.05) is 12.1 Å². The van der Waals surface area contributed by atoms with Gasteiger partial charge in [-0.25, -0.2) is 4.79 Å². The van der Waals surface area contributed by atoms with Crippen molar-refractivity contribution in [3.63, 3.8) is 0 Å². The third-order valence-electron chi connectivity index (χ3n) is 4.59. The summed E-state index contributed by atoms with van der Waals surface area (Å²) in [4.78, 5) is 12.3. The van der Waals surface area contributed by atoms with E-state index in [2.05, 4.69) is 19.2 Å². The molecule has 0 radical (unpaired) electrons. The van der Waals surface area contributed by atoms with Gasteiger partial charge < -0.3 is 19.2 Å². The molecule has 0 amide bonds. The molecule has 1 aliphatic heterocycles. The molecule has 2 heterocycles. The van der Waals surface area contributed by atoms with E-state index < -0.39 is 0 Å². The Hall–Kier alpha value is -1.75. The van der Waals surface area contributed by atoms with Crippen LogP contribution in [0.1, 0.15) is 38.9 Å². The third kappa shape index (κ3) is 3.61. The molecule has 5 heteroatoms. The molecule has 0 spiro atoms. The van der Waals surface area contributed by atoms with Crippen LogP contribution in [0.4, 0.5) is 0 Å². The normalized spacial score (nSPS) is 24.9. The summed E-state index contributed by atoms with van der Waals surface area (Å²) in [6.07, 6.45) is 4.55. The fourth-order valence-corrected chi connectivity index (χ4v) is 3.05. The number of hydrogen-bond donors (Lipinski definition) is 1. The van der Waals surface area contributed by atoms with Crippen LogP contribution in [0.2, 0.25) is 0 Å². The lowest BCUT2D eigenvalue weighted by molar-refractivity contribution is -0.140. The van der Waals surface area contributed by atoms with Gasteiger partial charge in [0.1, 0.15) is 5.76 Å². The summed E-state index contributed by atoms with van der Waals surface area (Å²) in [5.74, 6) is 1.39. The summed E-state index contributed by atoms with van der Waals surface area (Å²) in [5, 5.41) is 3.39. The molecule has 1 aromatic heterocycles. The lowest BCUT2D eigenvalue weighted by Crippen LogP contribution is -2.40. The van der Waals surface area contributed by atoms with Gasteiger partial charge in [0.2, 0.25) is 0 Å². The number of ether oxygens (including phenoxy) is 2. The second kappa shape index (κ2) is 6.79. The maximum Gasteiger partial charge on any atom is 0.338 e. The maximum absolute atomic E-state index is 12.3. The quantitative estimate of drug-likeness (QED) is 0.817. The Morgan fingerprint density at radius 2 is 2.22 bits per heavy atom. The van der Waals surface area contributed by atoms with Gasteiger partial charge in [-0.3, -0.25) is 0 Å². The topological polar surface area (TPSA) is 60.7 Å². The highest BCUT2D eigenvalue weighted by Crippen LogP contribution is 2.42. The Morgan fingerprint density at radius 3 is 2.78 bits per heavy atom. The molecule has 0 unspecified atom stereocenters. The first-order chi connectivity index (χ1) is 11.1. The maximum atomic E-state index is 12.3. The number of hydrogen-bond acceptors (Lipinski definition) is 5. The van der Waals surface area contributed by atoms with Gasteiger partial charge in [0.05, 0.1) is 37.7 Å². The van der Waals surface area contributed by atoms with E-state index in [1.165, 1.54) is 7.11 Å². The molecular formula is C18H25NO4. The van der Waals surface area contributed by atoms with Crippen LogP contribution in [0, 0.1) is 11.8 Å². The lowest BCUT2D eigenvalue weighted by atomic mass is 9.91. The predicted octanol–water partition coefficient (Wildman–Crippen LogP) is 3.02. The van der Waals surface area contributed by atoms with Crippen molar-refractivity contribution in [3.05, 3.63) is 35.4 Å². The molecule has 0 saturated heterocycles. The van der Waals surface area contributed by atoms with Gasteiger partial charge >= 0.3 is 5.97 Å². The van der Waals surface area contributed by atoms with Crippen LogP contribution in [-0.2, 0) is 20.8 Å². The van der Waals surface area contributed by atoms with E-state index >= 15 is 0 Å². The van der Waals surface area contributed by atoms with Gasteiger partial charge in [0, 0.05) is 12.1 Å². The van der Waals surface area contributed by atoms with E-state index in [1.54, 1.807) is 6.26 Å². The summed E-state index contributed by atoms with van der Waals surface area (Å²) >= 11 is 0. The number of furan rings is 1. The predicted molar refractivity (Wildman–Crippen MR) is 85.4 cm³/mol. The van der Waals surface area contributed by atoms with Crippen LogP contribution in [0.15, 0.2) is 34.1 Å². The minimum Gasteiger partial charge on any atom is -0.467 e. The molecule has 126 valence electrons. The van der Waals surface area contributed by atoms with Crippen molar-refractivity contribution in [2.75, 3.05) is 7.11 Å². The Balaban J connectivity index is 1.86. The zero-order valence-corrected chi connectivity index (χ0v) is 14.0. The van der Waals surface area contributed by atoms with E-state index in [0.717, 1.165) is 24.3 Å². The zero-order chi connectivity index (χ0) is 16.4. The number of esters is 1. The fraction of sp³-hybridized carbons (Fsp3) is 0.611. The van der Waals surface area contributed by atoms with Crippen molar-refractivity contribution in [1.82, 2.24) is 5.32 Å². The second-order valence-electron chi connectivity index (χ2n) is 6.70. The second-order valence-corrected chi connectivity index (χ2v) is 6.70. The van der Waals surface area contributed by atoms with E-state index in [9.17, 15) is 4.79 Å². The van der Waals surface area contributed by atoms with Crippen molar-refractivity contribution in [3.8, 4) is 0 Å². The number of methoxy groups -OCH3 is 1. The standard InChI is InChI=1S/C18H25NO4/c1-11(2)15-9-14(19-10-13-5-4-8-22-13)16(18(20)21-3)17(23-15)12-6-7-12/h4-5,8,11-12,15,17,19H,6-7,9-10H2,1-3H3/t15-,17-/m0/s1. The Kier molecular flexibility index (Phi) is 4.76. The zero-order valence-electron chi connectivity index (χ0n) is 14.0. The summed E-state index contributed by atoms with van der Waals surface area (Å²) in [6.45, 7) is 4.87. The van der Waals surface area contributed by atoms with Gasteiger partial charge in [-0.2, -0.15) is 0 Å². The highest BCUT2D eigenvalue weighted by Gasteiger charge is 2.43. The lowest BCUT2D eigenvalue weighted by Gasteiger charge is -2.35. The van der Waals surface area contributed by atoms with Gasteiger partial charge in [0.25, 0.3) is 0 Å². The molecule has 1 N–H and O–H groups in total. The Labute approximate surface area is 137 Å². The van der Waals surface area contributed by atoms with Crippen molar-refractivity contribution in [2.45, 2.75) is 51.9 Å². The van der Waals surface area contributed by atoms with Gasteiger partial charge in [-0.15, -0.1) is 0 Å². The molecule has 0 bridgehead atoms. The largest absolute Gasteiger partial charge is 0.467 e. The van der Waals surface area contributed by atoms with E-state index in [4.69, 9.17) is 13.9 Å². The van der Waals surface area contributed by atoms with Crippen molar-refractivity contribution in [1.29, 1.82) is 0 Å². The van der Waals surface area contributed by atoms with E-state index in [0.29, 0.717) is 30.4 Å². The van der Waals surface area contributed by atoms with Crippen LogP contribution in [0.5, 0.6) is 0 Å². The van der Waals surface area contributed by atoms with Crippen LogP contribution in [0.3, 0.4) is 0 Å². The first kappa shape index (κ1) is 16.1. The molecule has 5 nitrogen and oxygen atoms in total. The number of carbonyl (C=O) groups excluding carboxylic acids is 1. The summed E-state index contributed by atoms with van der Waals surface area (Å²) in [5.41, 5.74) is 1.61. The summed E-state index contributed by atoms with van der Waals surface area (Å²) in [6, 6.07) is 3.78. The van der Waals surface area contributed by atoms with Crippen LogP contribution in [-0.4, -0.2) is 25.3 Å². The average molecular weight is 319 g/mol. The highest BCUT2D eigenvalue weighted by molar-refractivity contribution is 5.90. The third-order valence-corrected chi connectivity index (χ3v) is 4.59. The van der Waals surface area contributed by atoms with Crippen molar-refractivity contribution in [2.24, 2.45) is 11.8 Å². The van der Waals surface area contributed by atoms with Crippen LogP contribution in [0.25, 0.3) is 0 Å². The molecule has 1 aromatic rings.